The van der Waals surface area contributed by atoms with Crippen molar-refractivity contribution in [1.29, 1.82) is 0 Å². The number of rotatable bonds is 6. The van der Waals surface area contributed by atoms with E-state index >= 15 is 0 Å². The molecule has 0 aliphatic carbocycles. The van der Waals surface area contributed by atoms with Crippen LogP contribution in [0.5, 0.6) is 0 Å². The number of carbonyl (C=O) groups is 6. The van der Waals surface area contributed by atoms with Gasteiger partial charge in [-0.05, 0) is 26.7 Å². The maximum absolute atomic E-state index is 11.2. The first-order valence-electron chi connectivity index (χ1n) is 10.4. The number of hydrogen-bond donors (Lipinski definition) is 1. The summed E-state index contributed by atoms with van der Waals surface area (Å²) >= 11 is 0. The Morgan fingerprint density at radius 1 is 0.912 bits per heavy atom. The monoisotopic (exact) mass is 486 g/mol. The standard InChI is InChI=1S/2C9H13NO3.C3H6O2.CH2O2/c2*1-3-9(12)13-7(2)10-6-4-5-8(10)11;1-3(4)5-2;2-1-3/h2*3,7H,1,4-6H2,2H3;1-2H3;1H,(H,2,3). The van der Waals surface area contributed by atoms with Crippen molar-refractivity contribution in [3.05, 3.63) is 25.3 Å². The van der Waals surface area contributed by atoms with Crippen LogP contribution in [0.25, 0.3) is 0 Å². The fourth-order valence-electron chi connectivity index (χ4n) is 2.67. The molecule has 2 amide bonds. The summed E-state index contributed by atoms with van der Waals surface area (Å²) in [5, 5.41) is 6.89. The van der Waals surface area contributed by atoms with Crippen molar-refractivity contribution < 1.29 is 48.1 Å². The zero-order chi connectivity index (χ0) is 26.7. The lowest BCUT2D eigenvalue weighted by Gasteiger charge is -2.23. The van der Waals surface area contributed by atoms with Gasteiger partial charge in [0.25, 0.3) is 6.47 Å². The Labute approximate surface area is 199 Å². The van der Waals surface area contributed by atoms with Crippen LogP contribution in [0.15, 0.2) is 25.3 Å². The largest absolute Gasteiger partial charge is 0.483 e. The summed E-state index contributed by atoms with van der Waals surface area (Å²) in [4.78, 5) is 65.1. The van der Waals surface area contributed by atoms with E-state index in [-0.39, 0.29) is 24.3 Å². The molecule has 2 aliphatic rings. The Morgan fingerprint density at radius 2 is 1.21 bits per heavy atom. The lowest BCUT2D eigenvalue weighted by atomic mass is 10.4. The van der Waals surface area contributed by atoms with Crippen molar-refractivity contribution >= 4 is 36.2 Å². The highest BCUT2D eigenvalue weighted by Gasteiger charge is 2.27. The smallest absolute Gasteiger partial charge is 0.332 e. The Bertz CT molecular complexity index is 672. The second-order valence-electron chi connectivity index (χ2n) is 6.66. The van der Waals surface area contributed by atoms with Crippen LogP contribution in [0.1, 0.15) is 46.5 Å². The maximum atomic E-state index is 11.2. The van der Waals surface area contributed by atoms with E-state index < -0.39 is 24.4 Å². The number of carboxylic acid groups (broad SMARTS) is 1. The Balaban J connectivity index is 0. The molecule has 2 unspecified atom stereocenters. The highest BCUT2D eigenvalue weighted by molar-refractivity contribution is 5.83. The van der Waals surface area contributed by atoms with E-state index in [4.69, 9.17) is 19.4 Å². The fraction of sp³-hybridized carbons (Fsp3) is 0.545. The number of amides is 2. The number of hydrogen-bond acceptors (Lipinski definition) is 9. The number of nitrogens with zero attached hydrogens (tertiary/aromatic N) is 2. The van der Waals surface area contributed by atoms with Crippen LogP contribution < -0.4 is 0 Å². The van der Waals surface area contributed by atoms with E-state index in [2.05, 4.69) is 17.9 Å². The van der Waals surface area contributed by atoms with Crippen molar-refractivity contribution in [3.63, 3.8) is 0 Å². The summed E-state index contributed by atoms with van der Waals surface area (Å²) in [6.45, 7) is 12.4. The molecule has 0 bridgehead atoms. The number of methoxy groups -OCH3 is 1. The molecule has 0 radical (unpaired) electrons. The van der Waals surface area contributed by atoms with Crippen LogP contribution in [0.4, 0.5) is 0 Å². The van der Waals surface area contributed by atoms with Crippen LogP contribution in [0, 0.1) is 0 Å². The van der Waals surface area contributed by atoms with Crippen molar-refractivity contribution in [2.24, 2.45) is 0 Å². The SMILES string of the molecule is C=CC(=O)OC(C)N1CCCC1=O.C=CC(=O)OC(C)N1CCCC1=O.COC(C)=O.O=CO. The third-order valence-corrected chi connectivity index (χ3v) is 4.29. The first kappa shape index (κ1) is 32.5. The molecule has 12 heteroatoms. The minimum Gasteiger partial charge on any atom is -0.483 e. The summed E-state index contributed by atoms with van der Waals surface area (Å²) in [5.41, 5.74) is 0. The van der Waals surface area contributed by atoms with Gasteiger partial charge in [-0.15, -0.1) is 0 Å². The van der Waals surface area contributed by atoms with Gasteiger partial charge in [-0.2, -0.15) is 0 Å². The first-order valence-corrected chi connectivity index (χ1v) is 10.4. The van der Waals surface area contributed by atoms with Crippen molar-refractivity contribution in [2.75, 3.05) is 20.2 Å². The third kappa shape index (κ3) is 14.4. The summed E-state index contributed by atoms with van der Waals surface area (Å²) < 4.78 is 13.9. The number of likely N-dealkylation sites (tertiary alicyclic amines) is 2. The minimum absolute atomic E-state index is 0.0457. The number of ether oxygens (including phenoxy) is 3. The molecule has 0 spiro atoms. The van der Waals surface area contributed by atoms with E-state index in [9.17, 15) is 24.0 Å². The predicted molar refractivity (Wildman–Crippen MR) is 120 cm³/mol. The molecule has 0 aromatic heterocycles. The molecule has 2 saturated heterocycles. The van der Waals surface area contributed by atoms with E-state index in [1.165, 1.54) is 14.0 Å². The Kier molecular flexibility index (Phi) is 18.0. The fourth-order valence-corrected chi connectivity index (χ4v) is 2.67. The van der Waals surface area contributed by atoms with Gasteiger partial charge in [-0.3, -0.25) is 19.2 Å². The lowest BCUT2D eigenvalue weighted by molar-refractivity contribution is -0.157. The highest BCUT2D eigenvalue weighted by Crippen LogP contribution is 2.15. The van der Waals surface area contributed by atoms with Gasteiger partial charge >= 0.3 is 17.9 Å². The van der Waals surface area contributed by atoms with Gasteiger partial charge in [0.05, 0.1) is 7.11 Å². The van der Waals surface area contributed by atoms with Crippen LogP contribution in [0.2, 0.25) is 0 Å². The maximum Gasteiger partial charge on any atom is 0.332 e. The summed E-state index contributed by atoms with van der Waals surface area (Å²) in [7, 11) is 1.35. The van der Waals surface area contributed by atoms with Crippen LogP contribution in [0.3, 0.4) is 0 Å². The van der Waals surface area contributed by atoms with Crippen molar-refractivity contribution in [1.82, 2.24) is 9.80 Å². The lowest BCUT2D eigenvalue weighted by Crippen LogP contribution is -2.37. The predicted octanol–water partition coefficient (Wildman–Crippen LogP) is 1.25. The molecule has 2 fully saturated rings. The first-order chi connectivity index (χ1) is 16.0. The molecule has 12 nitrogen and oxygen atoms in total. The van der Waals surface area contributed by atoms with Crippen LogP contribution >= 0.6 is 0 Å². The Hall–Kier alpha value is -3.70. The third-order valence-electron chi connectivity index (χ3n) is 4.29. The van der Waals surface area contributed by atoms with Crippen LogP contribution in [-0.2, 0) is 43.0 Å². The van der Waals surface area contributed by atoms with Gasteiger partial charge in [-0.1, -0.05) is 13.2 Å². The molecule has 34 heavy (non-hydrogen) atoms. The summed E-state index contributed by atoms with van der Waals surface area (Å²) in [5.74, 6) is -1.14. The van der Waals surface area contributed by atoms with Crippen molar-refractivity contribution in [3.8, 4) is 0 Å². The second-order valence-corrected chi connectivity index (χ2v) is 6.66. The van der Waals surface area contributed by atoms with Gasteiger partial charge in [-0.25, -0.2) is 9.59 Å². The average Bonchev–Trinajstić information content (AvgIpc) is 3.42. The molecule has 192 valence electrons. The van der Waals surface area contributed by atoms with E-state index in [1.807, 2.05) is 0 Å². The van der Waals surface area contributed by atoms with E-state index in [0.717, 1.165) is 25.0 Å². The zero-order valence-corrected chi connectivity index (χ0v) is 20.1. The van der Waals surface area contributed by atoms with Gasteiger partial charge in [0.2, 0.25) is 11.8 Å². The molecule has 2 heterocycles. The molecule has 2 aliphatic heterocycles. The minimum atomic E-state index is -0.493. The number of esters is 3. The summed E-state index contributed by atoms with van der Waals surface area (Å²) in [6.07, 6.45) is 4.03. The summed E-state index contributed by atoms with van der Waals surface area (Å²) in [6, 6.07) is 0. The molecule has 2 atom stereocenters. The molecular formula is C22H34N2O10. The van der Waals surface area contributed by atoms with Crippen molar-refractivity contribution in [2.45, 2.75) is 58.9 Å². The Morgan fingerprint density at radius 3 is 1.38 bits per heavy atom. The molecule has 0 aromatic rings. The quantitative estimate of drug-likeness (QED) is 0.251. The van der Waals surface area contributed by atoms with Crippen LogP contribution in [-0.4, -0.2) is 83.8 Å². The van der Waals surface area contributed by atoms with E-state index in [0.29, 0.717) is 25.9 Å². The normalized spacial score (nSPS) is 15.5. The number of carbonyl (C=O) groups excluding carboxylic acids is 5. The van der Waals surface area contributed by atoms with Gasteiger partial charge in [0.15, 0.2) is 12.5 Å². The highest BCUT2D eigenvalue weighted by atomic mass is 16.6. The molecular weight excluding hydrogens is 452 g/mol. The second kappa shape index (κ2) is 18.8. The van der Waals surface area contributed by atoms with E-state index in [1.54, 1.807) is 23.6 Å². The molecule has 0 aromatic carbocycles. The molecule has 1 N–H and O–H groups in total. The molecule has 2 rings (SSSR count). The topological polar surface area (TPSA) is 157 Å². The van der Waals surface area contributed by atoms with Gasteiger partial charge in [0.1, 0.15) is 0 Å². The molecule has 0 saturated carbocycles. The van der Waals surface area contributed by atoms with Gasteiger partial charge < -0.3 is 29.1 Å². The van der Waals surface area contributed by atoms with Gasteiger partial charge in [0, 0.05) is 45.0 Å². The average molecular weight is 487 g/mol. The zero-order valence-electron chi connectivity index (χ0n) is 20.1.